The third-order valence-corrected chi connectivity index (χ3v) is 3.68. The van der Waals surface area contributed by atoms with Crippen molar-refractivity contribution in [3.8, 4) is 0 Å². The first-order valence-corrected chi connectivity index (χ1v) is 7.17. The third-order valence-electron chi connectivity index (χ3n) is 2.94. The van der Waals surface area contributed by atoms with Gasteiger partial charge in [0.2, 0.25) is 0 Å². The minimum Gasteiger partial charge on any atom is -0.308 e. The molecule has 0 N–H and O–H groups in total. The highest BCUT2D eigenvalue weighted by atomic mass is 32.2. The number of aromatic nitrogens is 1. The van der Waals surface area contributed by atoms with Crippen LogP contribution in [0.4, 0.5) is 0 Å². The predicted molar refractivity (Wildman–Crippen MR) is 78.0 cm³/mol. The second-order valence-electron chi connectivity index (χ2n) is 4.28. The Bertz CT molecular complexity index is 644. The molecule has 0 aliphatic carbocycles. The molecule has 0 aliphatic rings. The van der Waals surface area contributed by atoms with E-state index in [0.29, 0.717) is 11.1 Å². The van der Waals surface area contributed by atoms with Gasteiger partial charge >= 0.3 is 0 Å². The standard InChI is InChI=1S/C15H15NO2S/c1-11-4-3-9-16(15(11)18)10-14(17)12-5-7-13(19-2)8-6-12/h3-9H,10H2,1-2H3. The van der Waals surface area contributed by atoms with Gasteiger partial charge in [-0.25, -0.2) is 0 Å². The molecule has 0 atom stereocenters. The first kappa shape index (κ1) is 13.6. The van der Waals surface area contributed by atoms with Crippen LogP contribution in [0.3, 0.4) is 0 Å². The van der Waals surface area contributed by atoms with Crippen LogP contribution < -0.4 is 5.56 Å². The largest absolute Gasteiger partial charge is 0.308 e. The number of thioether (sulfide) groups is 1. The maximum absolute atomic E-state index is 12.1. The summed E-state index contributed by atoms with van der Waals surface area (Å²) in [6.45, 7) is 1.83. The molecule has 0 radical (unpaired) electrons. The van der Waals surface area contributed by atoms with E-state index in [4.69, 9.17) is 0 Å². The van der Waals surface area contributed by atoms with Gasteiger partial charge in [-0.1, -0.05) is 18.2 Å². The molecule has 1 heterocycles. The molecule has 98 valence electrons. The second-order valence-corrected chi connectivity index (χ2v) is 5.16. The van der Waals surface area contributed by atoms with Crippen molar-refractivity contribution in [1.82, 2.24) is 4.57 Å². The van der Waals surface area contributed by atoms with Crippen LogP contribution in [0, 0.1) is 6.92 Å². The van der Waals surface area contributed by atoms with Crippen molar-refractivity contribution in [2.75, 3.05) is 6.26 Å². The maximum atomic E-state index is 12.1. The number of carbonyl (C=O) groups excluding carboxylic acids is 1. The van der Waals surface area contributed by atoms with E-state index in [2.05, 4.69) is 0 Å². The first-order chi connectivity index (χ1) is 9.11. The van der Waals surface area contributed by atoms with Crippen LogP contribution in [-0.4, -0.2) is 16.6 Å². The van der Waals surface area contributed by atoms with Crippen molar-refractivity contribution < 1.29 is 4.79 Å². The normalized spacial score (nSPS) is 10.4. The summed E-state index contributed by atoms with van der Waals surface area (Å²) in [5.41, 5.74) is 1.16. The molecule has 0 saturated carbocycles. The highest BCUT2D eigenvalue weighted by Gasteiger charge is 2.08. The summed E-state index contributed by atoms with van der Waals surface area (Å²) >= 11 is 1.63. The van der Waals surface area contributed by atoms with Crippen LogP contribution in [0.25, 0.3) is 0 Å². The van der Waals surface area contributed by atoms with Crippen LogP contribution in [0.5, 0.6) is 0 Å². The monoisotopic (exact) mass is 273 g/mol. The molecule has 0 unspecified atom stereocenters. The Hall–Kier alpha value is -1.81. The summed E-state index contributed by atoms with van der Waals surface area (Å²) in [4.78, 5) is 25.1. The zero-order valence-electron chi connectivity index (χ0n) is 10.9. The fourth-order valence-corrected chi connectivity index (χ4v) is 2.21. The molecule has 4 heteroatoms. The molecule has 0 bridgehead atoms. The predicted octanol–water partition coefficient (Wildman–Crippen LogP) is 2.76. The lowest BCUT2D eigenvalue weighted by atomic mass is 10.1. The van der Waals surface area contributed by atoms with Gasteiger partial charge in [0, 0.05) is 22.2 Å². The van der Waals surface area contributed by atoms with Gasteiger partial charge in [-0.3, -0.25) is 9.59 Å². The van der Waals surface area contributed by atoms with Gasteiger partial charge in [-0.05, 0) is 31.4 Å². The Labute approximate surface area is 116 Å². The van der Waals surface area contributed by atoms with E-state index >= 15 is 0 Å². The van der Waals surface area contributed by atoms with Gasteiger partial charge in [-0.2, -0.15) is 0 Å². The molecule has 0 amide bonds. The van der Waals surface area contributed by atoms with Gasteiger partial charge in [0.1, 0.15) is 0 Å². The number of carbonyl (C=O) groups is 1. The van der Waals surface area contributed by atoms with Crippen molar-refractivity contribution >= 4 is 17.5 Å². The van der Waals surface area contributed by atoms with Gasteiger partial charge in [0.05, 0.1) is 6.54 Å². The number of Topliss-reactive ketones (excluding diaryl/α,β-unsaturated/α-hetero) is 1. The van der Waals surface area contributed by atoms with Crippen LogP contribution in [0.1, 0.15) is 15.9 Å². The van der Waals surface area contributed by atoms with Crippen LogP contribution in [0.2, 0.25) is 0 Å². The number of hydrogen-bond acceptors (Lipinski definition) is 3. The summed E-state index contributed by atoms with van der Waals surface area (Å²) in [5, 5.41) is 0. The number of benzene rings is 1. The molecular formula is C15H15NO2S. The third kappa shape index (κ3) is 3.15. The van der Waals surface area contributed by atoms with Crippen molar-refractivity contribution in [3.05, 3.63) is 64.1 Å². The Morgan fingerprint density at radius 1 is 1.21 bits per heavy atom. The van der Waals surface area contributed by atoms with Gasteiger partial charge in [-0.15, -0.1) is 11.8 Å². The minimum absolute atomic E-state index is 0.0552. The van der Waals surface area contributed by atoms with E-state index in [1.54, 1.807) is 49.1 Å². The topological polar surface area (TPSA) is 39.1 Å². The van der Waals surface area contributed by atoms with E-state index in [9.17, 15) is 9.59 Å². The van der Waals surface area contributed by atoms with Gasteiger partial charge in [0.15, 0.2) is 5.78 Å². The zero-order chi connectivity index (χ0) is 13.8. The van der Waals surface area contributed by atoms with Crippen molar-refractivity contribution in [2.45, 2.75) is 18.4 Å². The van der Waals surface area contributed by atoms with E-state index in [1.807, 2.05) is 18.4 Å². The van der Waals surface area contributed by atoms with E-state index < -0.39 is 0 Å². The molecule has 1 aromatic carbocycles. The lowest BCUT2D eigenvalue weighted by Gasteiger charge is -2.06. The smallest absolute Gasteiger partial charge is 0.253 e. The summed E-state index contributed by atoms with van der Waals surface area (Å²) in [7, 11) is 0. The van der Waals surface area contributed by atoms with E-state index in [1.165, 1.54) is 4.57 Å². The lowest BCUT2D eigenvalue weighted by molar-refractivity contribution is 0.0970. The summed E-state index contributed by atoms with van der Waals surface area (Å²) < 4.78 is 1.44. The average molecular weight is 273 g/mol. The highest BCUT2D eigenvalue weighted by Crippen LogP contribution is 2.15. The Kier molecular flexibility index (Phi) is 4.22. The molecule has 0 aliphatic heterocycles. The number of rotatable bonds is 4. The average Bonchev–Trinajstić information content (AvgIpc) is 2.44. The fraction of sp³-hybridized carbons (Fsp3) is 0.200. The molecule has 2 rings (SSSR count). The number of nitrogens with zero attached hydrogens (tertiary/aromatic N) is 1. The number of hydrogen-bond donors (Lipinski definition) is 0. The minimum atomic E-state index is -0.114. The van der Waals surface area contributed by atoms with Crippen molar-refractivity contribution in [2.24, 2.45) is 0 Å². The Balaban J connectivity index is 2.20. The van der Waals surface area contributed by atoms with Crippen molar-refractivity contribution in [1.29, 1.82) is 0 Å². The second kappa shape index (κ2) is 5.89. The first-order valence-electron chi connectivity index (χ1n) is 5.95. The molecule has 0 saturated heterocycles. The fourth-order valence-electron chi connectivity index (χ4n) is 1.80. The zero-order valence-corrected chi connectivity index (χ0v) is 11.7. The molecule has 3 nitrogen and oxygen atoms in total. The van der Waals surface area contributed by atoms with Gasteiger partial charge in [0.25, 0.3) is 5.56 Å². The van der Waals surface area contributed by atoms with Crippen LogP contribution >= 0.6 is 11.8 Å². The molecule has 0 spiro atoms. The van der Waals surface area contributed by atoms with E-state index in [-0.39, 0.29) is 17.9 Å². The molecule has 0 fully saturated rings. The van der Waals surface area contributed by atoms with Crippen molar-refractivity contribution in [3.63, 3.8) is 0 Å². The molecule has 19 heavy (non-hydrogen) atoms. The molecule has 2 aromatic rings. The summed E-state index contributed by atoms with van der Waals surface area (Å²) in [6, 6.07) is 11.0. The summed E-state index contributed by atoms with van der Waals surface area (Å²) in [5.74, 6) is -0.0552. The lowest BCUT2D eigenvalue weighted by Crippen LogP contribution is -2.25. The molecular weight excluding hydrogens is 258 g/mol. The van der Waals surface area contributed by atoms with E-state index in [0.717, 1.165) is 4.90 Å². The number of ketones is 1. The van der Waals surface area contributed by atoms with Gasteiger partial charge < -0.3 is 4.57 Å². The van der Waals surface area contributed by atoms with Crippen LogP contribution in [-0.2, 0) is 6.54 Å². The summed E-state index contributed by atoms with van der Waals surface area (Å²) in [6.07, 6.45) is 3.63. The molecule has 1 aromatic heterocycles. The number of pyridine rings is 1. The maximum Gasteiger partial charge on any atom is 0.253 e. The SMILES string of the molecule is CSc1ccc(C(=O)Cn2cccc(C)c2=O)cc1. The highest BCUT2D eigenvalue weighted by molar-refractivity contribution is 7.98. The van der Waals surface area contributed by atoms with Crippen LogP contribution in [0.15, 0.2) is 52.3 Å². The Morgan fingerprint density at radius 2 is 1.89 bits per heavy atom. The Morgan fingerprint density at radius 3 is 2.53 bits per heavy atom. The number of aryl methyl sites for hydroxylation is 1. The quantitative estimate of drug-likeness (QED) is 0.635.